The summed E-state index contributed by atoms with van der Waals surface area (Å²) in [6.45, 7) is 3.13. The number of piperidine rings is 1. The molecular formula is C14H22N2O2S. The highest BCUT2D eigenvalue weighted by atomic mass is 32.2. The van der Waals surface area contributed by atoms with Crippen molar-refractivity contribution in [2.45, 2.75) is 17.7 Å². The van der Waals surface area contributed by atoms with Gasteiger partial charge in [0.05, 0.1) is 4.90 Å². The lowest BCUT2D eigenvalue weighted by Crippen LogP contribution is -2.39. The molecule has 0 saturated carbocycles. The Labute approximate surface area is 115 Å². The molecule has 1 heterocycles. The minimum Gasteiger partial charge on any atom is -0.371 e. The molecule has 0 amide bonds. The van der Waals surface area contributed by atoms with Gasteiger partial charge in [0.15, 0.2) is 9.84 Å². The molecule has 1 aromatic rings. The zero-order chi connectivity index (χ0) is 13.9. The van der Waals surface area contributed by atoms with Crippen molar-refractivity contribution in [1.82, 2.24) is 5.32 Å². The van der Waals surface area contributed by atoms with Crippen LogP contribution in [0, 0.1) is 5.92 Å². The largest absolute Gasteiger partial charge is 0.371 e. The van der Waals surface area contributed by atoms with Gasteiger partial charge in [-0.2, -0.15) is 0 Å². The predicted octanol–water partition coefficient (Wildman–Crippen LogP) is 1.53. The van der Waals surface area contributed by atoms with E-state index in [2.05, 4.69) is 10.2 Å². The molecule has 1 aliphatic heterocycles. The minimum absolute atomic E-state index is 0.389. The third-order valence-electron chi connectivity index (χ3n) is 3.64. The Morgan fingerprint density at radius 2 is 2.00 bits per heavy atom. The molecule has 1 saturated heterocycles. The topological polar surface area (TPSA) is 49.4 Å². The van der Waals surface area contributed by atoms with Gasteiger partial charge in [0, 0.05) is 25.0 Å². The number of sulfone groups is 1. The summed E-state index contributed by atoms with van der Waals surface area (Å²) in [7, 11) is -1.11. The Kier molecular flexibility index (Phi) is 4.47. The van der Waals surface area contributed by atoms with Gasteiger partial charge < -0.3 is 10.2 Å². The lowest BCUT2D eigenvalue weighted by atomic mass is 9.97. The van der Waals surface area contributed by atoms with Crippen LogP contribution in [-0.4, -0.2) is 41.4 Å². The quantitative estimate of drug-likeness (QED) is 0.910. The second-order valence-corrected chi connectivity index (χ2v) is 7.29. The number of rotatable bonds is 4. The predicted molar refractivity (Wildman–Crippen MR) is 78.4 cm³/mol. The van der Waals surface area contributed by atoms with E-state index in [1.54, 1.807) is 12.1 Å². The van der Waals surface area contributed by atoms with Crippen LogP contribution in [0.1, 0.15) is 12.8 Å². The molecule has 0 aliphatic carbocycles. The van der Waals surface area contributed by atoms with Gasteiger partial charge in [-0.1, -0.05) is 0 Å². The van der Waals surface area contributed by atoms with Crippen LogP contribution in [0.3, 0.4) is 0 Å². The normalized spacial score (nSPS) is 20.5. The number of hydrogen-bond acceptors (Lipinski definition) is 4. The Morgan fingerprint density at radius 1 is 1.32 bits per heavy atom. The van der Waals surface area contributed by atoms with Gasteiger partial charge in [0.2, 0.25) is 0 Å². The van der Waals surface area contributed by atoms with Crippen LogP contribution in [0.5, 0.6) is 0 Å². The summed E-state index contributed by atoms with van der Waals surface area (Å²) in [6, 6.07) is 7.23. The lowest BCUT2D eigenvalue weighted by molar-refractivity contribution is 0.403. The third kappa shape index (κ3) is 3.70. The molecular weight excluding hydrogens is 260 g/mol. The molecule has 1 fully saturated rings. The molecule has 1 aliphatic rings. The SMILES string of the molecule is CNCC1CCCN(c2ccc(S(C)(=O)=O)cc2)C1. The minimum atomic E-state index is -3.10. The van der Waals surface area contributed by atoms with Gasteiger partial charge in [-0.05, 0) is 56.6 Å². The molecule has 5 heteroatoms. The molecule has 1 atom stereocenters. The van der Waals surface area contributed by atoms with E-state index in [4.69, 9.17) is 0 Å². The van der Waals surface area contributed by atoms with Gasteiger partial charge in [0.25, 0.3) is 0 Å². The molecule has 2 rings (SSSR count). The number of nitrogens with zero attached hydrogens (tertiary/aromatic N) is 1. The molecule has 0 bridgehead atoms. The van der Waals surface area contributed by atoms with E-state index in [1.807, 2.05) is 19.2 Å². The Bertz CT molecular complexity index is 509. The Balaban J connectivity index is 2.09. The molecule has 1 unspecified atom stereocenters. The number of anilines is 1. The summed E-state index contributed by atoms with van der Waals surface area (Å²) in [4.78, 5) is 2.73. The zero-order valence-electron chi connectivity index (χ0n) is 11.6. The van der Waals surface area contributed by atoms with Gasteiger partial charge in [-0.3, -0.25) is 0 Å². The molecule has 0 spiro atoms. The van der Waals surface area contributed by atoms with Gasteiger partial charge in [-0.15, -0.1) is 0 Å². The first kappa shape index (κ1) is 14.3. The number of hydrogen-bond donors (Lipinski definition) is 1. The Morgan fingerprint density at radius 3 is 2.58 bits per heavy atom. The van der Waals surface area contributed by atoms with Crippen LogP contribution in [0.2, 0.25) is 0 Å². The summed E-state index contributed by atoms with van der Waals surface area (Å²) < 4.78 is 22.9. The fourth-order valence-corrected chi connectivity index (χ4v) is 3.29. The first-order valence-corrected chi connectivity index (χ1v) is 8.59. The first-order valence-electron chi connectivity index (χ1n) is 6.70. The zero-order valence-corrected chi connectivity index (χ0v) is 12.4. The van der Waals surface area contributed by atoms with E-state index in [0.29, 0.717) is 10.8 Å². The van der Waals surface area contributed by atoms with Crippen molar-refractivity contribution in [3.05, 3.63) is 24.3 Å². The van der Waals surface area contributed by atoms with Crippen molar-refractivity contribution >= 4 is 15.5 Å². The van der Waals surface area contributed by atoms with Crippen LogP contribution in [0.25, 0.3) is 0 Å². The van der Waals surface area contributed by atoms with E-state index < -0.39 is 9.84 Å². The van der Waals surface area contributed by atoms with Crippen molar-refractivity contribution in [2.24, 2.45) is 5.92 Å². The maximum Gasteiger partial charge on any atom is 0.175 e. The van der Waals surface area contributed by atoms with Crippen molar-refractivity contribution in [3.8, 4) is 0 Å². The summed E-state index contributed by atoms with van der Waals surface area (Å²) in [5, 5.41) is 3.23. The second-order valence-electron chi connectivity index (χ2n) is 5.28. The van der Waals surface area contributed by atoms with Gasteiger partial charge in [0.1, 0.15) is 0 Å². The maximum absolute atomic E-state index is 11.4. The first-order chi connectivity index (χ1) is 9.00. The van der Waals surface area contributed by atoms with Crippen molar-refractivity contribution in [3.63, 3.8) is 0 Å². The molecule has 0 aromatic heterocycles. The fourth-order valence-electron chi connectivity index (χ4n) is 2.66. The standard InChI is InChI=1S/C14H22N2O2S/c1-15-10-12-4-3-9-16(11-12)13-5-7-14(8-6-13)19(2,17)18/h5-8,12,15H,3-4,9-11H2,1-2H3. The lowest BCUT2D eigenvalue weighted by Gasteiger charge is -2.34. The van der Waals surface area contributed by atoms with Crippen molar-refractivity contribution in [1.29, 1.82) is 0 Å². The molecule has 1 aromatic carbocycles. The average molecular weight is 282 g/mol. The van der Waals surface area contributed by atoms with Crippen LogP contribution in [0.4, 0.5) is 5.69 Å². The maximum atomic E-state index is 11.4. The molecule has 0 radical (unpaired) electrons. The van der Waals surface area contributed by atoms with Crippen LogP contribution < -0.4 is 10.2 Å². The number of nitrogens with one attached hydrogen (secondary N) is 1. The average Bonchev–Trinajstić information content (AvgIpc) is 2.39. The fraction of sp³-hybridized carbons (Fsp3) is 0.571. The highest BCUT2D eigenvalue weighted by Gasteiger charge is 2.19. The monoisotopic (exact) mass is 282 g/mol. The van der Waals surface area contributed by atoms with Gasteiger partial charge in [-0.25, -0.2) is 8.42 Å². The summed E-state index contributed by atoms with van der Waals surface area (Å²) in [5.41, 5.74) is 1.12. The van der Waals surface area contributed by atoms with Crippen LogP contribution in [-0.2, 0) is 9.84 Å². The molecule has 19 heavy (non-hydrogen) atoms. The van der Waals surface area contributed by atoms with Crippen molar-refractivity contribution < 1.29 is 8.42 Å². The van der Waals surface area contributed by atoms with Crippen molar-refractivity contribution in [2.75, 3.05) is 37.8 Å². The summed E-state index contributed by atoms with van der Waals surface area (Å²) in [6.07, 6.45) is 3.70. The second kappa shape index (κ2) is 5.92. The Hall–Kier alpha value is -1.07. The van der Waals surface area contributed by atoms with E-state index in [9.17, 15) is 8.42 Å². The molecule has 4 nitrogen and oxygen atoms in total. The van der Waals surface area contributed by atoms with E-state index in [-0.39, 0.29) is 0 Å². The number of benzene rings is 1. The van der Waals surface area contributed by atoms with Gasteiger partial charge >= 0.3 is 0 Å². The smallest absolute Gasteiger partial charge is 0.175 e. The van der Waals surface area contributed by atoms with E-state index in [0.717, 1.165) is 25.3 Å². The third-order valence-corrected chi connectivity index (χ3v) is 4.77. The van der Waals surface area contributed by atoms with E-state index in [1.165, 1.54) is 19.1 Å². The summed E-state index contributed by atoms with van der Waals surface area (Å²) in [5.74, 6) is 0.674. The van der Waals surface area contributed by atoms with Crippen LogP contribution >= 0.6 is 0 Å². The molecule has 106 valence electrons. The highest BCUT2D eigenvalue weighted by molar-refractivity contribution is 7.90. The van der Waals surface area contributed by atoms with Crippen LogP contribution in [0.15, 0.2) is 29.2 Å². The molecule has 1 N–H and O–H groups in total. The highest BCUT2D eigenvalue weighted by Crippen LogP contribution is 2.24. The van der Waals surface area contributed by atoms with E-state index >= 15 is 0 Å². The summed E-state index contributed by atoms with van der Waals surface area (Å²) >= 11 is 0.